The number of benzene rings is 1. The Bertz CT molecular complexity index is 1300. The zero-order valence-electron chi connectivity index (χ0n) is 19.9. The van der Waals surface area contributed by atoms with E-state index in [1.165, 1.54) is 36.8 Å². The fourth-order valence-electron chi connectivity index (χ4n) is 5.35. The highest BCUT2D eigenvalue weighted by Crippen LogP contribution is 2.40. The van der Waals surface area contributed by atoms with Crippen LogP contribution in [0.2, 0.25) is 0 Å². The van der Waals surface area contributed by atoms with Crippen LogP contribution in [-0.4, -0.2) is 38.8 Å². The number of nitrogens with zero attached hydrogens (tertiary/aromatic N) is 2. The molecule has 3 amide bonds. The fraction of sp³-hybridized carbons (Fsp3) is 0.423. The standard InChI is InChI=1S/C26H29FN4O3S/c1-16(32)28-22-20-13-17(27)10-11-21(20)30-15-26(2,25(34)29-18-7-4-3-5-8-18)31(24(33)23(22)30)14-19-9-6-12-35-19/h6,9-13,18H,3-5,7-8,14-15H2,1-2H3,(H,28,32)(H,29,34)/t26-/m1/s1. The monoisotopic (exact) mass is 496 g/mol. The summed E-state index contributed by atoms with van der Waals surface area (Å²) in [4.78, 5) is 42.5. The van der Waals surface area contributed by atoms with Gasteiger partial charge in [0.2, 0.25) is 11.8 Å². The van der Waals surface area contributed by atoms with Gasteiger partial charge in [-0.15, -0.1) is 11.3 Å². The van der Waals surface area contributed by atoms with Crippen molar-refractivity contribution in [2.75, 3.05) is 5.32 Å². The van der Waals surface area contributed by atoms with E-state index in [9.17, 15) is 18.8 Å². The zero-order valence-corrected chi connectivity index (χ0v) is 20.7. The quantitative estimate of drug-likeness (QED) is 0.539. The number of carbonyl (C=O) groups is 3. The van der Waals surface area contributed by atoms with Crippen LogP contribution in [0.1, 0.15) is 61.3 Å². The molecule has 2 N–H and O–H groups in total. The number of thiophene rings is 1. The number of amides is 3. The van der Waals surface area contributed by atoms with Gasteiger partial charge in [0, 0.05) is 23.2 Å². The van der Waals surface area contributed by atoms with E-state index >= 15 is 0 Å². The molecule has 0 radical (unpaired) electrons. The molecule has 1 atom stereocenters. The molecule has 0 spiro atoms. The van der Waals surface area contributed by atoms with Gasteiger partial charge in [-0.05, 0) is 49.4 Å². The number of carbonyl (C=O) groups excluding carboxylic acids is 3. The van der Waals surface area contributed by atoms with Crippen LogP contribution < -0.4 is 10.6 Å². The van der Waals surface area contributed by atoms with Crippen LogP contribution in [-0.2, 0) is 22.7 Å². The molecule has 0 unspecified atom stereocenters. The van der Waals surface area contributed by atoms with Gasteiger partial charge >= 0.3 is 0 Å². The third-order valence-electron chi connectivity index (χ3n) is 7.16. The molecule has 0 bridgehead atoms. The summed E-state index contributed by atoms with van der Waals surface area (Å²) < 4.78 is 16.0. The summed E-state index contributed by atoms with van der Waals surface area (Å²) in [5.41, 5.74) is -0.0199. The summed E-state index contributed by atoms with van der Waals surface area (Å²) >= 11 is 1.52. The van der Waals surface area contributed by atoms with Crippen molar-refractivity contribution in [3.8, 4) is 0 Å². The number of hydrogen-bond donors (Lipinski definition) is 2. The first-order valence-corrected chi connectivity index (χ1v) is 12.9. The molecule has 5 rings (SSSR count). The van der Waals surface area contributed by atoms with E-state index in [-0.39, 0.29) is 48.2 Å². The van der Waals surface area contributed by atoms with Crippen LogP contribution in [0.3, 0.4) is 0 Å². The minimum Gasteiger partial charge on any atom is -0.351 e. The molecule has 1 fully saturated rings. The SMILES string of the molecule is CC(=O)Nc1c2n(c3ccc(F)cc13)C[C@](C)(C(=O)NC1CCCCC1)N(Cc1cccs1)C2=O. The molecular formula is C26H29FN4O3S. The number of halogens is 1. The maximum atomic E-state index is 14.2. The van der Waals surface area contributed by atoms with E-state index in [0.717, 1.165) is 30.6 Å². The van der Waals surface area contributed by atoms with E-state index in [0.29, 0.717) is 10.9 Å². The summed E-state index contributed by atoms with van der Waals surface area (Å²) in [6.45, 7) is 3.61. The van der Waals surface area contributed by atoms with Gasteiger partial charge in [0.1, 0.15) is 17.1 Å². The highest BCUT2D eigenvalue weighted by molar-refractivity contribution is 7.09. The van der Waals surface area contributed by atoms with E-state index in [1.54, 1.807) is 22.5 Å². The minimum absolute atomic E-state index is 0.0959. The molecular weight excluding hydrogens is 467 g/mol. The van der Waals surface area contributed by atoms with Crippen molar-refractivity contribution in [1.82, 2.24) is 14.8 Å². The lowest BCUT2D eigenvalue weighted by atomic mass is 9.91. The molecule has 35 heavy (non-hydrogen) atoms. The number of hydrogen-bond acceptors (Lipinski definition) is 4. The molecule has 184 valence electrons. The third kappa shape index (κ3) is 4.22. The lowest BCUT2D eigenvalue weighted by Crippen LogP contribution is -2.64. The second-order valence-electron chi connectivity index (χ2n) is 9.71. The predicted octanol–water partition coefficient (Wildman–Crippen LogP) is 4.66. The third-order valence-corrected chi connectivity index (χ3v) is 8.02. The Labute approximate surface area is 207 Å². The van der Waals surface area contributed by atoms with Gasteiger partial charge in [-0.1, -0.05) is 25.3 Å². The zero-order chi connectivity index (χ0) is 24.7. The summed E-state index contributed by atoms with van der Waals surface area (Å²) in [6, 6.07) is 8.19. The average molecular weight is 497 g/mol. The number of fused-ring (bicyclic) bond motifs is 3. The van der Waals surface area contributed by atoms with Crippen LogP contribution in [0.25, 0.3) is 10.9 Å². The Morgan fingerprint density at radius 1 is 1.20 bits per heavy atom. The molecule has 3 aromatic rings. The Kier molecular flexibility index (Phi) is 6.13. The second-order valence-corrected chi connectivity index (χ2v) is 10.7. The molecule has 2 aliphatic rings. The summed E-state index contributed by atoms with van der Waals surface area (Å²) in [6.07, 6.45) is 5.21. The largest absolute Gasteiger partial charge is 0.351 e. The van der Waals surface area contributed by atoms with Crippen molar-refractivity contribution >= 4 is 45.6 Å². The average Bonchev–Trinajstić information content (AvgIpc) is 3.43. The fourth-order valence-corrected chi connectivity index (χ4v) is 6.04. The van der Waals surface area contributed by atoms with Gasteiger partial charge in [0.05, 0.1) is 24.3 Å². The summed E-state index contributed by atoms with van der Waals surface area (Å²) in [5.74, 6) is -1.38. The normalized spacial score (nSPS) is 20.7. The lowest BCUT2D eigenvalue weighted by Gasteiger charge is -2.45. The van der Waals surface area contributed by atoms with Gasteiger partial charge in [0.25, 0.3) is 5.91 Å². The smallest absolute Gasteiger partial charge is 0.273 e. The van der Waals surface area contributed by atoms with Crippen LogP contribution in [0, 0.1) is 5.82 Å². The number of anilines is 1. The minimum atomic E-state index is -1.17. The van der Waals surface area contributed by atoms with Gasteiger partial charge in [-0.25, -0.2) is 4.39 Å². The molecule has 1 aliphatic heterocycles. The first kappa shape index (κ1) is 23.5. The molecule has 7 nitrogen and oxygen atoms in total. The molecule has 9 heteroatoms. The molecule has 2 aromatic heterocycles. The summed E-state index contributed by atoms with van der Waals surface area (Å²) in [5, 5.41) is 8.33. The summed E-state index contributed by atoms with van der Waals surface area (Å²) in [7, 11) is 0. The topological polar surface area (TPSA) is 83.4 Å². The number of aromatic nitrogens is 1. The van der Waals surface area contributed by atoms with Gasteiger partial charge < -0.3 is 20.1 Å². The number of nitrogens with one attached hydrogen (secondary N) is 2. The predicted molar refractivity (Wildman–Crippen MR) is 134 cm³/mol. The van der Waals surface area contributed by atoms with Crippen LogP contribution >= 0.6 is 11.3 Å². The Balaban J connectivity index is 1.63. The van der Waals surface area contributed by atoms with E-state index in [1.807, 2.05) is 17.5 Å². The first-order chi connectivity index (χ1) is 16.8. The van der Waals surface area contributed by atoms with Crippen molar-refractivity contribution in [2.45, 2.75) is 70.6 Å². The van der Waals surface area contributed by atoms with Crippen molar-refractivity contribution in [2.24, 2.45) is 0 Å². The highest BCUT2D eigenvalue weighted by atomic mass is 32.1. The maximum absolute atomic E-state index is 14.2. The molecule has 1 aromatic carbocycles. The molecule has 0 saturated heterocycles. The van der Waals surface area contributed by atoms with Gasteiger partial charge in [-0.3, -0.25) is 14.4 Å². The van der Waals surface area contributed by atoms with Crippen LogP contribution in [0.5, 0.6) is 0 Å². The van der Waals surface area contributed by atoms with Crippen molar-refractivity contribution in [3.63, 3.8) is 0 Å². The maximum Gasteiger partial charge on any atom is 0.273 e. The Morgan fingerprint density at radius 2 is 1.97 bits per heavy atom. The van der Waals surface area contributed by atoms with Crippen LogP contribution in [0.15, 0.2) is 35.7 Å². The van der Waals surface area contributed by atoms with Crippen molar-refractivity contribution in [3.05, 3.63) is 52.1 Å². The van der Waals surface area contributed by atoms with Gasteiger partial charge in [-0.2, -0.15) is 0 Å². The van der Waals surface area contributed by atoms with Gasteiger partial charge in [0.15, 0.2) is 0 Å². The van der Waals surface area contributed by atoms with E-state index in [4.69, 9.17) is 0 Å². The Hall–Kier alpha value is -3.20. The molecule has 1 saturated carbocycles. The van der Waals surface area contributed by atoms with E-state index in [2.05, 4.69) is 10.6 Å². The first-order valence-electron chi connectivity index (χ1n) is 12.0. The Morgan fingerprint density at radius 3 is 2.66 bits per heavy atom. The highest BCUT2D eigenvalue weighted by Gasteiger charge is 2.49. The molecule has 3 heterocycles. The number of rotatable bonds is 5. The van der Waals surface area contributed by atoms with E-state index < -0.39 is 11.4 Å². The second kappa shape index (κ2) is 9.11. The van der Waals surface area contributed by atoms with Crippen molar-refractivity contribution < 1.29 is 18.8 Å². The lowest BCUT2D eigenvalue weighted by molar-refractivity contribution is -0.134. The van der Waals surface area contributed by atoms with Crippen molar-refractivity contribution in [1.29, 1.82) is 0 Å². The molecule has 1 aliphatic carbocycles. The van der Waals surface area contributed by atoms with Crippen LogP contribution in [0.4, 0.5) is 10.1 Å².